The molecular weight excluding hydrogens is 454 g/mol. The van der Waals surface area contributed by atoms with Gasteiger partial charge in [0, 0.05) is 29.3 Å². The van der Waals surface area contributed by atoms with E-state index in [0.29, 0.717) is 13.2 Å². The largest absolute Gasteiger partial charge is 0.490 e. The molecule has 29 heavy (non-hydrogen) atoms. The van der Waals surface area contributed by atoms with Crippen LogP contribution in [-0.4, -0.2) is 26.4 Å². The van der Waals surface area contributed by atoms with Crippen molar-refractivity contribution in [2.24, 2.45) is 0 Å². The summed E-state index contributed by atoms with van der Waals surface area (Å²) in [6.07, 6.45) is 3.31. The molecule has 0 aliphatic carbocycles. The van der Waals surface area contributed by atoms with E-state index >= 15 is 0 Å². The topological polar surface area (TPSA) is 39.7 Å². The molecule has 4 nitrogen and oxygen atoms in total. The van der Waals surface area contributed by atoms with E-state index in [1.807, 2.05) is 43.3 Å². The van der Waals surface area contributed by atoms with E-state index in [0.717, 1.165) is 71.3 Å². The van der Waals surface area contributed by atoms with Gasteiger partial charge in [-0.05, 0) is 61.7 Å². The highest BCUT2D eigenvalue weighted by Gasteiger charge is 2.11. The van der Waals surface area contributed by atoms with Crippen molar-refractivity contribution in [3.63, 3.8) is 0 Å². The Morgan fingerprint density at radius 1 is 0.966 bits per heavy atom. The fourth-order valence-corrected chi connectivity index (χ4v) is 3.29. The summed E-state index contributed by atoms with van der Waals surface area (Å²) in [5.41, 5.74) is 2.19. The van der Waals surface area contributed by atoms with Gasteiger partial charge in [-0.25, -0.2) is 0 Å². The standard InChI is InChI=1S/C23H31BrClNO3/c1-3-5-12-27-13-6-11-26-16-19-14-22(28-4-2)23(15-21(19)24)29-17-18-7-9-20(25)10-8-18/h7-10,14-15,26H,3-6,11-13,16-17H2,1-2H3. The summed E-state index contributed by atoms with van der Waals surface area (Å²) < 4.78 is 18.4. The summed E-state index contributed by atoms with van der Waals surface area (Å²) in [4.78, 5) is 0. The Hall–Kier alpha value is -1.27. The fourth-order valence-electron chi connectivity index (χ4n) is 2.71. The van der Waals surface area contributed by atoms with Gasteiger partial charge in [0.25, 0.3) is 0 Å². The van der Waals surface area contributed by atoms with Crippen molar-refractivity contribution in [1.82, 2.24) is 5.32 Å². The minimum Gasteiger partial charge on any atom is -0.490 e. The number of ether oxygens (including phenoxy) is 3. The maximum Gasteiger partial charge on any atom is 0.162 e. The molecule has 0 saturated carbocycles. The Balaban J connectivity index is 1.88. The maximum absolute atomic E-state index is 6.01. The third-order valence-corrected chi connectivity index (χ3v) is 5.31. The Kier molecular flexibility index (Phi) is 11.5. The zero-order valence-electron chi connectivity index (χ0n) is 17.3. The lowest BCUT2D eigenvalue weighted by Gasteiger charge is -2.15. The van der Waals surface area contributed by atoms with Crippen molar-refractivity contribution in [2.75, 3.05) is 26.4 Å². The number of halogens is 2. The summed E-state index contributed by atoms with van der Waals surface area (Å²) in [5, 5.41) is 4.18. The third kappa shape index (κ3) is 8.95. The average molecular weight is 485 g/mol. The molecule has 0 aliphatic heterocycles. The van der Waals surface area contributed by atoms with Gasteiger partial charge in [-0.3, -0.25) is 0 Å². The van der Waals surface area contributed by atoms with Crippen LogP contribution in [0, 0.1) is 0 Å². The molecule has 2 rings (SSSR count). The van der Waals surface area contributed by atoms with Gasteiger partial charge >= 0.3 is 0 Å². The molecule has 0 aliphatic rings. The van der Waals surface area contributed by atoms with E-state index in [9.17, 15) is 0 Å². The molecule has 2 aromatic carbocycles. The lowest BCUT2D eigenvalue weighted by Crippen LogP contribution is -2.17. The van der Waals surface area contributed by atoms with Crippen molar-refractivity contribution in [1.29, 1.82) is 0 Å². The highest BCUT2D eigenvalue weighted by atomic mass is 79.9. The highest BCUT2D eigenvalue weighted by molar-refractivity contribution is 9.10. The van der Waals surface area contributed by atoms with Gasteiger partial charge < -0.3 is 19.5 Å². The highest BCUT2D eigenvalue weighted by Crippen LogP contribution is 2.34. The number of rotatable bonds is 14. The molecule has 0 heterocycles. The number of unbranched alkanes of at least 4 members (excludes halogenated alkanes) is 1. The molecule has 0 amide bonds. The van der Waals surface area contributed by atoms with Crippen LogP contribution in [0.5, 0.6) is 11.5 Å². The molecule has 0 spiro atoms. The Morgan fingerprint density at radius 3 is 2.41 bits per heavy atom. The first-order valence-corrected chi connectivity index (χ1v) is 11.4. The number of hydrogen-bond donors (Lipinski definition) is 1. The summed E-state index contributed by atoms with van der Waals surface area (Å²) in [7, 11) is 0. The minimum atomic E-state index is 0.458. The minimum absolute atomic E-state index is 0.458. The maximum atomic E-state index is 6.01. The van der Waals surface area contributed by atoms with Crippen LogP contribution in [0.1, 0.15) is 44.2 Å². The molecule has 0 atom stereocenters. The Morgan fingerprint density at radius 2 is 1.69 bits per heavy atom. The van der Waals surface area contributed by atoms with Crippen LogP contribution in [0.4, 0.5) is 0 Å². The van der Waals surface area contributed by atoms with E-state index < -0.39 is 0 Å². The SMILES string of the molecule is CCCCOCCCNCc1cc(OCC)c(OCc2ccc(Cl)cc2)cc1Br. The zero-order valence-corrected chi connectivity index (χ0v) is 19.7. The average Bonchev–Trinajstić information content (AvgIpc) is 2.72. The summed E-state index contributed by atoms with van der Waals surface area (Å²) in [5.74, 6) is 1.48. The normalized spacial score (nSPS) is 10.9. The van der Waals surface area contributed by atoms with Gasteiger partial charge in [-0.2, -0.15) is 0 Å². The third-order valence-electron chi connectivity index (χ3n) is 4.32. The lowest BCUT2D eigenvalue weighted by atomic mass is 10.2. The second kappa shape index (κ2) is 13.9. The fraction of sp³-hybridized carbons (Fsp3) is 0.478. The second-order valence-corrected chi connectivity index (χ2v) is 8.03. The van der Waals surface area contributed by atoms with Crippen LogP contribution in [-0.2, 0) is 17.9 Å². The van der Waals surface area contributed by atoms with Gasteiger partial charge in [0.2, 0.25) is 0 Å². The molecule has 0 bridgehead atoms. The second-order valence-electron chi connectivity index (χ2n) is 6.73. The summed E-state index contributed by atoms with van der Waals surface area (Å²) in [6.45, 7) is 8.52. The predicted octanol–water partition coefficient (Wildman–Crippen LogP) is 6.38. The summed E-state index contributed by atoms with van der Waals surface area (Å²) >= 11 is 9.61. The van der Waals surface area contributed by atoms with Crippen molar-refractivity contribution in [3.05, 3.63) is 57.0 Å². The number of hydrogen-bond acceptors (Lipinski definition) is 4. The van der Waals surface area contributed by atoms with Crippen LogP contribution < -0.4 is 14.8 Å². The molecule has 0 aromatic heterocycles. The van der Waals surface area contributed by atoms with Gasteiger partial charge in [-0.15, -0.1) is 0 Å². The smallest absolute Gasteiger partial charge is 0.162 e. The molecule has 6 heteroatoms. The van der Waals surface area contributed by atoms with Gasteiger partial charge in [0.05, 0.1) is 6.61 Å². The van der Waals surface area contributed by atoms with Crippen LogP contribution in [0.15, 0.2) is 40.9 Å². The van der Waals surface area contributed by atoms with E-state index in [1.54, 1.807) is 0 Å². The van der Waals surface area contributed by atoms with Crippen molar-refractivity contribution in [2.45, 2.75) is 46.3 Å². The van der Waals surface area contributed by atoms with E-state index in [-0.39, 0.29) is 0 Å². The first-order chi connectivity index (χ1) is 14.1. The Labute approximate surface area is 188 Å². The van der Waals surface area contributed by atoms with Gasteiger partial charge in [0.15, 0.2) is 11.5 Å². The van der Waals surface area contributed by atoms with Gasteiger partial charge in [-0.1, -0.05) is 53.0 Å². The van der Waals surface area contributed by atoms with Crippen molar-refractivity contribution >= 4 is 27.5 Å². The molecule has 0 radical (unpaired) electrons. The van der Waals surface area contributed by atoms with Gasteiger partial charge in [0.1, 0.15) is 6.61 Å². The van der Waals surface area contributed by atoms with E-state index in [2.05, 4.69) is 28.2 Å². The van der Waals surface area contributed by atoms with Crippen molar-refractivity contribution < 1.29 is 14.2 Å². The zero-order chi connectivity index (χ0) is 20.9. The molecule has 160 valence electrons. The Bertz CT molecular complexity index is 725. The van der Waals surface area contributed by atoms with E-state index in [1.165, 1.54) is 6.42 Å². The van der Waals surface area contributed by atoms with Crippen LogP contribution in [0.25, 0.3) is 0 Å². The molecule has 0 fully saturated rings. The first-order valence-electron chi connectivity index (χ1n) is 10.2. The molecule has 2 aromatic rings. The number of nitrogens with one attached hydrogen (secondary N) is 1. The van der Waals surface area contributed by atoms with Crippen LogP contribution in [0.3, 0.4) is 0 Å². The molecule has 0 unspecified atom stereocenters. The predicted molar refractivity (Wildman–Crippen MR) is 123 cm³/mol. The quantitative estimate of drug-likeness (QED) is 0.316. The summed E-state index contributed by atoms with van der Waals surface area (Å²) in [6, 6.07) is 11.7. The van der Waals surface area contributed by atoms with Crippen molar-refractivity contribution in [3.8, 4) is 11.5 Å². The first kappa shape index (κ1) is 24.0. The lowest BCUT2D eigenvalue weighted by molar-refractivity contribution is 0.128. The number of benzene rings is 2. The van der Waals surface area contributed by atoms with E-state index in [4.69, 9.17) is 25.8 Å². The van der Waals surface area contributed by atoms with Crippen LogP contribution >= 0.6 is 27.5 Å². The molecule has 0 saturated heterocycles. The molecular formula is C23H31BrClNO3. The monoisotopic (exact) mass is 483 g/mol. The molecule has 1 N–H and O–H groups in total. The van der Waals surface area contributed by atoms with Crippen LogP contribution in [0.2, 0.25) is 5.02 Å².